The standard InChI is InChI=1S/C10H15NO4/c1-10(2)7-4-3-6(8(12)13)5-11(7)9(14)15-10/h6-7H,3-5H2,1-2H3,(H,12,13)/t6-,7+/m1/s1. The smallest absolute Gasteiger partial charge is 0.410 e. The van der Waals surface area contributed by atoms with E-state index >= 15 is 0 Å². The first kappa shape index (κ1) is 10.3. The molecule has 2 saturated heterocycles. The average molecular weight is 213 g/mol. The van der Waals surface area contributed by atoms with E-state index in [0.29, 0.717) is 12.8 Å². The third-order valence-electron chi connectivity index (χ3n) is 3.32. The SMILES string of the molecule is CC1(C)OC(=O)N2C[C@H](C(=O)O)CC[C@H]21. The zero-order chi connectivity index (χ0) is 11.2. The number of hydrogen-bond acceptors (Lipinski definition) is 3. The highest BCUT2D eigenvalue weighted by Crippen LogP contribution is 2.37. The Labute approximate surface area is 88.0 Å². The number of piperidine rings is 1. The maximum absolute atomic E-state index is 11.5. The predicted molar refractivity (Wildman–Crippen MR) is 51.4 cm³/mol. The first-order valence-electron chi connectivity index (χ1n) is 5.14. The number of fused-ring (bicyclic) bond motifs is 1. The summed E-state index contributed by atoms with van der Waals surface area (Å²) in [5.74, 6) is -1.27. The van der Waals surface area contributed by atoms with Crippen LogP contribution in [0.3, 0.4) is 0 Å². The van der Waals surface area contributed by atoms with E-state index in [-0.39, 0.29) is 18.7 Å². The van der Waals surface area contributed by atoms with Gasteiger partial charge < -0.3 is 14.7 Å². The van der Waals surface area contributed by atoms with Crippen LogP contribution in [0.5, 0.6) is 0 Å². The van der Waals surface area contributed by atoms with Gasteiger partial charge in [-0.1, -0.05) is 0 Å². The molecule has 1 amide bonds. The molecule has 0 bridgehead atoms. The van der Waals surface area contributed by atoms with Gasteiger partial charge in [0.05, 0.1) is 12.0 Å². The van der Waals surface area contributed by atoms with Gasteiger partial charge in [0, 0.05) is 6.54 Å². The molecular weight excluding hydrogens is 198 g/mol. The monoisotopic (exact) mass is 213 g/mol. The Morgan fingerprint density at radius 2 is 2.20 bits per heavy atom. The maximum Gasteiger partial charge on any atom is 0.410 e. The minimum Gasteiger partial charge on any atom is -0.481 e. The second-order valence-electron chi connectivity index (χ2n) is 4.75. The molecule has 0 aromatic carbocycles. The Kier molecular flexibility index (Phi) is 2.13. The fourth-order valence-corrected chi connectivity index (χ4v) is 2.45. The van der Waals surface area contributed by atoms with Gasteiger partial charge in [0.1, 0.15) is 5.60 Å². The van der Waals surface area contributed by atoms with Crippen molar-refractivity contribution in [2.45, 2.75) is 38.3 Å². The topological polar surface area (TPSA) is 66.8 Å². The molecule has 2 aliphatic heterocycles. The van der Waals surface area contributed by atoms with E-state index in [1.165, 1.54) is 0 Å². The van der Waals surface area contributed by atoms with Gasteiger partial charge in [-0.15, -0.1) is 0 Å². The first-order valence-corrected chi connectivity index (χ1v) is 5.14. The van der Waals surface area contributed by atoms with E-state index in [2.05, 4.69) is 0 Å². The number of carboxylic acid groups (broad SMARTS) is 1. The van der Waals surface area contributed by atoms with Crippen LogP contribution >= 0.6 is 0 Å². The molecule has 2 fully saturated rings. The molecule has 2 rings (SSSR count). The Balaban J connectivity index is 2.16. The highest BCUT2D eigenvalue weighted by molar-refractivity contribution is 5.75. The number of carboxylic acids is 1. The second kappa shape index (κ2) is 3.12. The molecule has 0 saturated carbocycles. The largest absolute Gasteiger partial charge is 0.481 e. The minimum atomic E-state index is -0.828. The molecule has 0 radical (unpaired) electrons. The zero-order valence-electron chi connectivity index (χ0n) is 8.90. The first-order chi connectivity index (χ1) is 6.92. The van der Waals surface area contributed by atoms with E-state index in [9.17, 15) is 9.59 Å². The summed E-state index contributed by atoms with van der Waals surface area (Å²) in [7, 11) is 0. The number of rotatable bonds is 1. The Morgan fingerprint density at radius 1 is 1.53 bits per heavy atom. The van der Waals surface area contributed by atoms with Crippen LogP contribution in [0.4, 0.5) is 4.79 Å². The molecular formula is C10H15NO4. The van der Waals surface area contributed by atoms with Crippen LogP contribution in [0.1, 0.15) is 26.7 Å². The highest BCUT2D eigenvalue weighted by atomic mass is 16.6. The summed E-state index contributed by atoms with van der Waals surface area (Å²) in [6, 6.07) is 0.0283. The number of carbonyl (C=O) groups excluding carboxylic acids is 1. The van der Waals surface area contributed by atoms with E-state index in [1.54, 1.807) is 4.90 Å². The van der Waals surface area contributed by atoms with Crippen molar-refractivity contribution in [3.8, 4) is 0 Å². The molecule has 1 N–H and O–H groups in total. The van der Waals surface area contributed by atoms with Gasteiger partial charge >= 0.3 is 12.1 Å². The molecule has 2 aliphatic rings. The van der Waals surface area contributed by atoms with E-state index in [1.807, 2.05) is 13.8 Å². The van der Waals surface area contributed by atoms with Gasteiger partial charge in [0.15, 0.2) is 0 Å². The van der Waals surface area contributed by atoms with Gasteiger partial charge in [-0.25, -0.2) is 4.79 Å². The molecule has 5 nitrogen and oxygen atoms in total. The quantitative estimate of drug-likeness (QED) is 0.707. The van der Waals surface area contributed by atoms with Crippen LogP contribution < -0.4 is 0 Å². The number of nitrogens with zero attached hydrogens (tertiary/aromatic N) is 1. The lowest BCUT2D eigenvalue weighted by Gasteiger charge is -2.35. The number of hydrogen-bond donors (Lipinski definition) is 1. The molecule has 5 heteroatoms. The summed E-state index contributed by atoms with van der Waals surface area (Å²) in [5, 5.41) is 8.90. The number of amides is 1. The van der Waals surface area contributed by atoms with Crippen molar-refractivity contribution in [3.05, 3.63) is 0 Å². The van der Waals surface area contributed by atoms with Crippen molar-refractivity contribution in [2.24, 2.45) is 5.92 Å². The lowest BCUT2D eigenvalue weighted by Crippen LogP contribution is -2.48. The Bertz CT molecular complexity index is 313. The van der Waals surface area contributed by atoms with Crippen molar-refractivity contribution < 1.29 is 19.4 Å². The van der Waals surface area contributed by atoms with E-state index in [0.717, 1.165) is 0 Å². The third-order valence-corrected chi connectivity index (χ3v) is 3.32. The summed E-state index contributed by atoms with van der Waals surface area (Å²) < 4.78 is 5.22. The van der Waals surface area contributed by atoms with Gasteiger partial charge in [-0.3, -0.25) is 4.79 Å². The van der Waals surface area contributed by atoms with Gasteiger partial charge in [0.25, 0.3) is 0 Å². The molecule has 2 heterocycles. The Hall–Kier alpha value is -1.26. The van der Waals surface area contributed by atoms with Gasteiger partial charge in [-0.05, 0) is 26.7 Å². The minimum absolute atomic E-state index is 0.0283. The maximum atomic E-state index is 11.5. The second-order valence-corrected chi connectivity index (χ2v) is 4.75. The summed E-state index contributed by atoms with van der Waals surface area (Å²) in [4.78, 5) is 23.9. The fraction of sp³-hybridized carbons (Fsp3) is 0.800. The average Bonchev–Trinajstić information content (AvgIpc) is 2.37. The van der Waals surface area contributed by atoms with Gasteiger partial charge in [-0.2, -0.15) is 0 Å². The van der Waals surface area contributed by atoms with E-state index in [4.69, 9.17) is 9.84 Å². The summed E-state index contributed by atoms with van der Waals surface area (Å²) in [6.07, 6.45) is 0.947. The van der Waals surface area contributed by atoms with Crippen molar-refractivity contribution in [2.75, 3.05) is 6.54 Å². The summed E-state index contributed by atoms with van der Waals surface area (Å²) in [5.41, 5.74) is -0.486. The van der Waals surface area contributed by atoms with Crippen LogP contribution in [-0.2, 0) is 9.53 Å². The lowest BCUT2D eigenvalue weighted by molar-refractivity contribution is -0.143. The number of ether oxygens (including phenoxy) is 1. The van der Waals surface area contributed by atoms with Crippen LogP contribution in [0.25, 0.3) is 0 Å². The number of cyclic esters (lactones) is 1. The molecule has 0 spiro atoms. The van der Waals surface area contributed by atoms with Crippen LogP contribution in [-0.4, -0.2) is 40.3 Å². The molecule has 84 valence electrons. The van der Waals surface area contributed by atoms with E-state index < -0.39 is 17.5 Å². The third kappa shape index (κ3) is 1.56. The fourth-order valence-electron chi connectivity index (χ4n) is 2.45. The van der Waals surface area contributed by atoms with Crippen molar-refractivity contribution in [3.63, 3.8) is 0 Å². The number of aliphatic carboxylic acids is 1. The molecule has 2 atom stereocenters. The molecule has 15 heavy (non-hydrogen) atoms. The van der Waals surface area contributed by atoms with Crippen molar-refractivity contribution >= 4 is 12.1 Å². The van der Waals surface area contributed by atoms with Crippen molar-refractivity contribution in [1.29, 1.82) is 0 Å². The number of carbonyl (C=O) groups is 2. The predicted octanol–water partition coefficient (Wildman–Crippen LogP) is 1.08. The van der Waals surface area contributed by atoms with Crippen LogP contribution in [0.2, 0.25) is 0 Å². The molecule has 0 aromatic rings. The van der Waals surface area contributed by atoms with Gasteiger partial charge in [0.2, 0.25) is 0 Å². The molecule has 0 unspecified atom stereocenters. The zero-order valence-corrected chi connectivity index (χ0v) is 8.90. The highest BCUT2D eigenvalue weighted by Gasteiger charge is 2.50. The molecule has 0 aromatic heterocycles. The molecule has 0 aliphatic carbocycles. The van der Waals surface area contributed by atoms with Crippen molar-refractivity contribution in [1.82, 2.24) is 4.90 Å². The Morgan fingerprint density at radius 3 is 2.80 bits per heavy atom. The summed E-state index contributed by atoms with van der Waals surface area (Å²) in [6.45, 7) is 4.02. The van der Waals surface area contributed by atoms with Crippen LogP contribution in [0.15, 0.2) is 0 Å². The van der Waals surface area contributed by atoms with Crippen LogP contribution in [0, 0.1) is 5.92 Å². The normalized spacial score (nSPS) is 33.5. The summed E-state index contributed by atoms with van der Waals surface area (Å²) >= 11 is 0. The lowest BCUT2D eigenvalue weighted by atomic mass is 9.86.